The summed E-state index contributed by atoms with van der Waals surface area (Å²) in [5.41, 5.74) is 0. The third kappa shape index (κ3) is 1.32. The third-order valence-electron chi connectivity index (χ3n) is 2.40. The molecule has 58 valence electrons. The molecule has 1 atom stereocenters. The van der Waals surface area contributed by atoms with Gasteiger partial charge in [-0.1, -0.05) is 0 Å². The van der Waals surface area contributed by atoms with Crippen molar-refractivity contribution in [2.45, 2.75) is 37.6 Å². The molecule has 2 heteroatoms. The molecule has 0 N–H and O–H groups in total. The first-order chi connectivity index (χ1) is 4.88. The predicted molar refractivity (Wildman–Crippen MR) is 46.3 cm³/mol. The van der Waals surface area contributed by atoms with Crippen molar-refractivity contribution >= 4 is 11.8 Å². The molecule has 0 bridgehead atoms. The number of nitrogens with zero attached hydrogens (tertiary/aromatic N) is 1. The minimum absolute atomic E-state index is 0.807. The number of thioether (sulfide) groups is 1. The van der Waals surface area contributed by atoms with Crippen molar-refractivity contribution in [2.24, 2.45) is 0 Å². The Bertz CT molecular complexity index is 122. The molecule has 1 unspecified atom stereocenters. The molecule has 2 aliphatic rings. The topological polar surface area (TPSA) is 3.24 Å². The van der Waals surface area contributed by atoms with E-state index in [1.165, 1.54) is 31.6 Å². The molecule has 1 saturated carbocycles. The fourth-order valence-electron chi connectivity index (χ4n) is 1.66. The first-order valence-corrected chi connectivity index (χ1v) is 5.30. The van der Waals surface area contributed by atoms with Crippen molar-refractivity contribution in [3.05, 3.63) is 0 Å². The molecule has 0 aromatic rings. The maximum Gasteiger partial charge on any atom is 0.0531 e. The van der Waals surface area contributed by atoms with Crippen LogP contribution in [0, 0.1) is 0 Å². The van der Waals surface area contributed by atoms with Gasteiger partial charge < -0.3 is 0 Å². The molecule has 0 spiro atoms. The number of hydrogen-bond donors (Lipinski definition) is 0. The van der Waals surface area contributed by atoms with E-state index in [0.29, 0.717) is 0 Å². The normalized spacial score (nSPS) is 36.3. The maximum absolute atomic E-state index is 2.67. The molecule has 0 radical (unpaired) electrons. The Morgan fingerprint density at radius 2 is 2.20 bits per heavy atom. The van der Waals surface area contributed by atoms with E-state index < -0.39 is 0 Å². The summed E-state index contributed by atoms with van der Waals surface area (Å²) in [5, 5.41) is 0.807. The van der Waals surface area contributed by atoms with E-state index in [-0.39, 0.29) is 0 Å². The summed E-state index contributed by atoms with van der Waals surface area (Å²) in [6.45, 7) is 3.71. The van der Waals surface area contributed by atoms with Gasteiger partial charge in [0.05, 0.1) is 5.37 Å². The highest BCUT2D eigenvalue weighted by Gasteiger charge is 2.33. The van der Waals surface area contributed by atoms with Crippen LogP contribution in [-0.4, -0.2) is 28.6 Å². The van der Waals surface area contributed by atoms with E-state index >= 15 is 0 Å². The average molecular weight is 157 g/mol. The van der Waals surface area contributed by atoms with E-state index in [0.717, 1.165) is 11.4 Å². The molecular weight excluding hydrogens is 142 g/mol. The zero-order valence-corrected chi connectivity index (χ0v) is 7.36. The van der Waals surface area contributed by atoms with Crippen molar-refractivity contribution in [3.8, 4) is 0 Å². The summed E-state index contributed by atoms with van der Waals surface area (Å²) >= 11 is 2.12. The van der Waals surface area contributed by atoms with Crippen LogP contribution in [-0.2, 0) is 0 Å². The highest BCUT2D eigenvalue weighted by molar-refractivity contribution is 7.99. The fourth-order valence-corrected chi connectivity index (χ4v) is 2.77. The molecule has 0 aromatic carbocycles. The Kier molecular flexibility index (Phi) is 1.92. The van der Waals surface area contributed by atoms with E-state index in [1.54, 1.807) is 0 Å². The van der Waals surface area contributed by atoms with Gasteiger partial charge in [-0.2, -0.15) is 0 Å². The van der Waals surface area contributed by atoms with Gasteiger partial charge >= 0.3 is 0 Å². The highest BCUT2D eigenvalue weighted by atomic mass is 32.2. The Balaban J connectivity index is 1.90. The summed E-state index contributed by atoms with van der Waals surface area (Å²) in [6, 6.07) is 0.975. The zero-order chi connectivity index (χ0) is 6.97. The Hall–Kier alpha value is 0.310. The van der Waals surface area contributed by atoms with Gasteiger partial charge in [-0.25, -0.2) is 0 Å². The largest absolute Gasteiger partial charge is 0.289 e. The SMILES string of the molecule is CC1SCCCN1C1CC1. The minimum Gasteiger partial charge on any atom is -0.289 e. The minimum atomic E-state index is 0.807. The van der Waals surface area contributed by atoms with Gasteiger partial charge in [0.1, 0.15) is 0 Å². The van der Waals surface area contributed by atoms with Crippen molar-refractivity contribution in [3.63, 3.8) is 0 Å². The molecule has 1 aliphatic carbocycles. The van der Waals surface area contributed by atoms with Crippen LogP contribution in [0.1, 0.15) is 26.2 Å². The second kappa shape index (κ2) is 2.74. The summed E-state index contributed by atoms with van der Waals surface area (Å²) < 4.78 is 0. The lowest BCUT2D eigenvalue weighted by atomic mass is 10.4. The zero-order valence-electron chi connectivity index (χ0n) is 6.55. The second-order valence-corrected chi connectivity index (χ2v) is 4.72. The van der Waals surface area contributed by atoms with Crippen LogP contribution in [0.5, 0.6) is 0 Å². The Labute approximate surface area is 67.2 Å². The number of rotatable bonds is 1. The first kappa shape index (κ1) is 6.99. The maximum atomic E-state index is 2.67. The third-order valence-corrected chi connectivity index (χ3v) is 3.68. The van der Waals surface area contributed by atoms with Gasteiger partial charge in [0.2, 0.25) is 0 Å². The van der Waals surface area contributed by atoms with E-state index in [9.17, 15) is 0 Å². The predicted octanol–water partition coefficient (Wildman–Crippen LogP) is 1.93. The van der Waals surface area contributed by atoms with Crippen LogP contribution in [0.15, 0.2) is 0 Å². The van der Waals surface area contributed by atoms with Gasteiger partial charge in [0.15, 0.2) is 0 Å². The van der Waals surface area contributed by atoms with Crippen LogP contribution < -0.4 is 0 Å². The molecule has 1 nitrogen and oxygen atoms in total. The van der Waals surface area contributed by atoms with Crippen LogP contribution in [0.3, 0.4) is 0 Å². The van der Waals surface area contributed by atoms with Crippen LogP contribution >= 0.6 is 11.8 Å². The molecule has 10 heavy (non-hydrogen) atoms. The van der Waals surface area contributed by atoms with Crippen molar-refractivity contribution in [1.29, 1.82) is 0 Å². The lowest BCUT2D eigenvalue weighted by Crippen LogP contribution is -2.37. The Morgan fingerprint density at radius 1 is 1.40 bits per heavy atom. The van der Waals surface area contributed by atoms with Gasteiger partial charge in [0.25, 0.3) is 0 Å². The summed E-state index contributed by atoms with van der Waals surface area (Å²) in [7, 11) is 0. The van der Waals surface area contributed by atoms with Crippen molar-refractivity contribution < 1.29 is 0 Å². The molecule has 0 amide bonds. The Morgan fingerprint density at radius 3 is 2.80 bits per heavy atom. The van der Waals surface area contributed by atoms with Gasteiger partial charge in [0, 0.05) is 12.6 Å². The fraction of sp³-hybridized carbons (Fsp3) is 1.00. The molecule has 2 fully saturated rings. The van der Waals surface area contributed by atoms with E-state index in [2.05, 4.69) is 23.6 Å². The molecule has 0 aromatic heterocycles. The van der Waals surface area contributed by atoms with Crippen LogP contribution in [0.2, 0.25) is 0 Å². The van der Waals surface area contributed by atoms with Gasteiger partial charge in [-0.15, -0.1) is 11.8 Å². The molecule has 1 aliphatic heterocycles. The van der Waals surface area contributed by atoms with E-state index in [4.69, 9.17) is 0 Å². The lowest BCUT2D eigenvalue weighted by Gasteiger charge is -2.32. The molecule has 2 rings (SSSR count). The summed E-state index contributed by atoms with van der Waals surface area (Å²) in [6.07, 6.45) is 4.33. The summed E-state index contributed by atoms with van der Waals surface area (Å²) in [4.78, 5) is 2.67. The van der Waals surface area contributed by atoms with E-state index in [1.807, 2.05) is 0 Å². The van der Waals surface area contributed by atoms with Crippen molar-refractivity contribution in [2.75, 3.05) is 12.3 Å². The van der Waals surface area contributed by atoms with Crippen LogP contribution in [0.25, 0.3) is 0 Å². The van der Waals surface area contributed by atoms with Crippen LogP contribution in [0.4, 0.5) is 0 Å². The van der Waals surface area contributed by atoms with Gasteiger partial charge in [-0.05, 0) is 31.9 Å². The quantitative estimate of drug-likeness (QED) is 0.572. The molecular formula is C8H15NS. The monoisotopic (exact) mass is 157 g/mol. The summed E-state index contributed by atoms with van der Waals surface area (Å²) in [5.74, 6) is 1.38. The smallest absolute Gasteiger partial charge is 0.0531 e. The second-order valence-electron chi connectivity index (χ2n) is 3.29. The lowest BCUT2D eigenvalue weighted by molar-refractivity contribution is 0.249. The highest BCUT2D eigenvalue weighted by Crippen LogP contribution is 2.34. The standard InChI is InChI=1S/C8H15NS/c1-7-9(8-3-4-8)5-2-6-10-7/h7-8H,2-6H2,1H3. The molecule has 1 saturated heterocycles. The molecule has 1 heterocycles. The number of hydrogen-bond acceptors (Lipinski definition) is 2. The van der Waals surface area contributed by atoms with Gasteiger partial charge in [-0.3, -0.25) is 4.90 Å². The van der Waals surface area contributed by atoms with Crippen molar-refractivity contribution in [1.82, 2.24) is 4.90 Å². The average Bonchev–Trinajstić information content (AvgIpc) is 2.71. The first-order valence-electron chi connectivity index (χ1n) is 4.25.